The fraction of sp³-hybridized carbons (Fsp3) is 0.667. The van der Waals surface area contributed by atoms with Crippen molar-refractivity contribution in [3.63, 3.8) is 0 Å². The van der Waals surface area contributed by atoms with Crippen LogP contribution in [0, 0.1) is 0 Å². The average Bonchev–Trinajstić information content (AvgIpc) is 2.84. The molecule has 0 aliphatic heterocycles. The van der Waals surface area contributed by atoms with E-state index in [0.717, 1.165) is 19.3 Å². The monoisotopic (exact) mass is 210 g/mol. The maximum atomic E-state index is 11.2. The molecule has 0 bridgehead atoms. The van der Waals surface area contributed by atoms with E-state index in [1.807, 2.05) is 0 Å². The Hall–Kier alpha value is -1.43. The molecule has 0 aromatic carbocycles. The number of nitrogens with zero attached hydrogens (tertiary/aromatic N) is 2. The number of hydrogen-bond acceptors (Lipinski definition) is 5. The Morgan fingerprint density at radius 3 is 3.00 bits per heavy atom. The lowest BCUT2D eigenvalue weighted by molar-refractivity contribution is 0.0950. The molecule has 6 nitrogen and oxygen atoms in total. The van der Waals surface area contributed by atoms with Gasteiger partial charge in [-0.25, -0.2) is 0 Å². The molecule has 0 spiro atoms. The van der Waals surface area contributed by atoms with Crippen LogP contribution in [0.3, 0.4) is 0 Å². The van der Waals surface area contributed by atoms with Gasteiger partial charge in [-0.2, -0.15) is 4.98 Å². The summed E-state index contributed by atoms with van der Waals surface area (Å²) in [5.41, 5.74) is 5.79. The molecule has 2 unspecified atom stereocenters. The van der Waals surface area contributed by atoms with Gasteiger partial charge in [0.1, 0.15) is 0 Å². The number of amides is 1. The summed E-state index contributed by atoms with van der Waals surface area (Å²) in [5.74, 6) is 0.507. The molecule has 1 saturated carbocycles. The molecule has 1 aromatic rings. The second kappa shape index (κ2) is 3.98. The number of rotatable bonds is 2. The summed E-state index contributed by atoms with van der Waals surface area (Å²) in [6.07, 6.45) is 2.79. The summed E-state index contributed by atoms with van der Waals surface area (Å²) in [4.78, 5) is 15.2. The Morgan fingerprint density at radius 2 is 2.40 bits per heavy atom. The molecule has 0 saturated heterocycles. The van der Waals surface area contributed by atoms with Gasteiger partial charge in [0.15, 0.2) is 0 Å². The van der Waals surface area contributed by atoms with Gasteiger partial charge in [-0.1, -0.05) is 5.16 Å². The Kier molecular flexibility index (Phi) is 2.68. The fourth-order valence-corrected chi connectivity index (χ4v) is 1.85. The van der Waals surface area contributed by atoms with Crippen LogP contribution in [0.25, 0.3) is 0 Å². The van der Waals surface area contributed by atoms with Crippen molar-refractivity contribution in [2.75, 3.05) is 7.05 Å². The first kappa shape index (κ1) is 10.1. The van der Waals surface area contributed by atoms with Crippen LogP contribution in [-0.4, -0.2) is 29.1 Å². The number of nitrogens with one attached hydrogen (secondary N) is 1. The molecule has 1 heterocycles. The van der Waals surface area contributed by atoms with Gasteiger partial charge in [-0.05, 0) is 19.3 Å². The summed E-state index contributed by atoms with van der Waals surface area (Å²) >= 11 is 0. The smallest absolute Gasteiger partial charge is 0.292 e. The van der Waals surface area contributed by atoms with E-state index in [0.29, 0.717) is 5.89 Å². The molecular weight excluding hydrogens is 196 g/mol. The minimum Gasteiger partial charge on any atom is -0.352 e. The molecule has 2 atom stereocenters. The van der Waals surface area contributed by atoms with Gasteiger partial charge >= 0.3 is 0 Å². The van der Waals surface area contributed by atoms with Gasteiger partial charge in [0.05, 0.1) is 0 Å². The van der Waals surface area contributed by atoms with Crippen molar-refractivity contribution in [1.82, 2.24) is 15.5 Å². The zero-order valence-corrected chi connectivity index (χ0v) is 8.56. The van der Waals surface area contributed by atoms with Gasteiger partial charge in [-0.3, -0.25) is 4.79 Å². The van der Waals surface area contributed by atoms with E-state index in [9.17, 15) is 4.79 Å². The molecule has 2 rings (SSSR count). The molecular formula is C9H14N4O2. The molecule has 1 fully saturated rings. The number of nitrogens with two attached hydrogens (primary N) is 1. The van der Waals surface area contributed by atoms with E-state index in [1.165, 1.54) is 7.05 Å². The first-order chi connectivity index (χ1) is 7.20. The Labute approximate surface area is 87.2 Å². The lowest BCUT2D eigenvalue weighted by atomic mass is 10.1. The summed E-state index contributed by atoms with van der Waals surface area (Å²) in [5, 5.41) is 6.06. The van der Waals surface area contributed by atoms with Crippen molar-refractivity contribution in [3.8, 4) is 0 Å². The van der Waals surface area contributed by atoms with Crippen molar-refractivity contribution in [2.24, 2.45) is 5.73 Å². The molecule has 15 heavy (non-hydrogen) atoms. The van der Waals surface area contributed by atoms with Gasteiger partial charge in [-0.15, -0.1) is 0 Å². The van der Waals surface area contributed by atoms with E-state index in [1.54, 1.807) is 0 Å². The normalized spacial score (nSPS) is 25.5. The molecule has 6 heteroatoms. The van der Waals surface area contributed by atoms with Gasteiger partial charge in [0.2, 0.25) is 5.89 Å². The molecule has 0 radical (unpaired) electrons. The topological polar surface area (TPSA) is 94.0 Å². The predicted octanol–water partition coefficient (Wildman–Crippen LogP) is 0.0240. The predicted molar refractivity (Wildman–Crippen MR) is 52.3 cm³/mol. The zero-order valence-electron chi connectivity index (χ0n) is 8.56. The molecule has 1 aliphatic carbocycles. The van der Waals surface area contributed by atoms with Crippen LogP contribution in [0.1, 0.15) is 41.7 Å². The summed E-state index contributed by atoms with van der Waals surface area (Å²) in [6, 6.07) is 0.213. The van der Waals surface area contributed by atoms with E-state index in [-0.39, 0.29) is 23.7 Å². The number of aromatic nitrogens is 2. The third-order valence-corrected chi connectivity index (χ3v) is 2.69. The highest BCUT2D eigenvalue weighted by molar-refractivity contribution is 5.89. The van der Waals surface area contributed by atoms with Crippen LogP contribution >= 0.6 is 0 Å². The standard InChI is InChI=1S/C9H14N4O2/c1-11-8(14)7-12-9(15-13-7)5-2-3-6(10)4-5/h5-6H,2-4,10H2,1H3,(H,11,14). The number of carbonyl (C=O) groups excluding carboxylic acids is 1. The minimum absolute atomic E-state index is 0.0907. The summed E-state index contributed by atoms with van der Waals surface area (Å²) in [6.45, 7) is 0. The second-order valence-electron chi connectivity index (χ2n) is 3.81. The van der Waals surface area contributed by atoms with Crippen LogP contribution in [0.5, 0.6) is 0 Å². The molecule has 1 aromatic heterocycles. The second-order valence-corrected chi connectivity index (χ2v) is 3.81. The van der Waals surface area contributed by atoms with Gasteiger partial charge < -0.3 is 15.6 Å². The SMILES string of the molecule is CNC(=O)c1noc(C2CCC(N)C2)n1. The average molecular weight is 210 g/mol. The highest BCUT2D eigenvalue weighted by Crippen LogP contribution is 2.32. The van der Waals surface area contributed by atoms with Crippen LogP contribution in [-0.2, 0) is 0 Å². The van der Waals surface area contributed by atoms with Crippen LogP contribution in [0.2, 0.25) is 0 Å². The first-order valence-electron chi connectivity index (χ1n) is 5.02. The first-order valence-corrected chi connectivity index (χ1v) is 5.02. The highest BCUT2D eigenvalue weighted by Gasteiger charge is 2.28. The van der Waals surface area contributed by atoms with Crippen molar-refractivity contribution < 1.29 is 9.32 Å². The third-order valence-electron chi connectivity index (χ3n) is 2.69. The third kappa shape index (κ3) is 1.99. The van der Waals surface area contributed by atoms with E-state index in [2.05, 4.69) is 15.5 Å². The zero-order chi connectivity index (χ0) is 10.8. The molecule has 1 aliphatic rings. The van der Waals surface area contributed by atoms with Crippen molar-refractivity contribution in [1.29, 1.82) is 0 Å². The Bertz CT molecular complexity index is 363. The highest BCUT2D eigenvalue weighted by atomic mass is 16.5. The fourth-order valence-electron chi connectivity index (χ4n) is 1.85. The minimum atomic E-state index is -0.327. The van der Waals surface area contributed by atoms with Crippen LogP contribution in [0.4, 0.5) is 0 Å². The van der Waals surface area contributed by atoms with Crippen molar-refractivity contribution in [3.05, 3.63) is 11.7 Å². The van der Waals surface area contributed by atoms with Gasteiger partial charge in [0.25, 0.3) is 11.7 Å². The van der Waals surface area contributed by atoms with E-state index >= 15 is 0 Å². The quantitative estimate of drug-likeness (QED) is 0.717. The molecule has 1 amide bonds. The van der Waals surface area contributed by atoms with E-state index < -0.39 is 0 Å². The van der Waals surface area contributed by atoms with Crippen LogP contribution in [0.15, 0.2) is 4.52 Å². The van der Waals surface area contributed by atoms with Crippen molar-refractivity contribution in [2.45, 2.75) is 31.2 Å². The number of carbonyl (C=O) groups is 1. The van der Waals surface area contributed by atoms with Gasteiger partial charge in [0, 0.05) is 19.0 Å². The molecule has 82 valence electrons. The van der Waals surface area contributed by atoms with E-state index in [4.69, 9.17) is 10.3 Å². The Balaban J connectivity index is 2.10. The number of hydrogen-bond donors (Lipinski definition) is 2. The Morgan fingerprint density at radius 1 is 1.60 bits per heavy atom. The summed E-state index contributed by atoms with van der Waals surface area (Å²) < 4.78 is 5.04. The van der Waals surface area contributed by atoms with Crippen molar-refractivity contribution >= 4 is 5.91 Å². The lowest BCUT2D eigenvalue weighted by Crippen LogP contribution is -2.19. The maximum Gasteiger partial charge on any atom is 0.292 e. The molecule has 3 N–H and O–H groups in total. The lowest BCUT2D eigenvalue weighted by Gasteiger charge is -2.01. The summed E-state index contributed by atoms with van der Waals surface area (Å²) in [7, 11) is 1.53. The largest absolute Gasteiger partial charge is 0.352 e. The maximum absolute atomic E-state index is 11.2. The van der Waals surface area contributed by atoms with Crippen LogP contribution < -0.4 is 11.1 Å².